The van der Waals surface area contributed by atoms with Gasteiger partial charge in [-0.05, 0) is 62.2 Å². The second kappa shape index (κ2) is 7.99. The van der Waals surface area contributed by atoms with Gasteiger partial charge in [-0.15, -0.1) is 0 Å². The van der Waals surface area contributed by atoms with E-state index in [1.165, 1.54) is 31.5 Å². The predicted molar refractivity (Wildman–Crippen MR) is 108 cm³/mol. The summed E-state index contributed by atoms with van der Waals surface area (Å²) in [5, 5.41) is 0.403. The Labute approximate surface area is 167 Å². The first kappa shape index (κ1) is 19.6. The number of fused-ring (bicyclic) bond motifs is 2. The smallest absolute Gasteiger partial charge is 0.431 e. The third-order valence-electron chi connectivity index (χ3n) is 5.52. The van der Waals surface area contributed by atoms with Gasteiger partial charge in [-0.25, -0.2) is 0 Å². The highest BCUT2D eigenvalue weighted by molar-refractivity contribution is 5.91. The molecule has 7 heteroatoms. The fourth-order valence-corrected chi connectivity index (χ4v) is 3.98. The standard InChI is InChI=1S/C13H17NO.C9H7F3N2/c1-2-6-13-11(5-1)9-12(10-15-13)14-7-3-4-8-14;10-9(11,12)8-4-5-6(13)2-1-3-7(5)14-8/h1-2,5-6,12H,3-4,7-10H2;1-4,14H,13H2. The Hall–Kier alpha value is -2.67. The summed E-state index contributed by atoms with van der Waals surface area (Å²) in [4.78, 5) is 4.85. The molecule has 3 N–H and O–H groups in total. The molecule has 0 aliphatic carbocycles. The van der Waals surface area contributed by atoms with Crippen molar-refractivity contribution in [2.45, 2.75) is 31.5 Å². The molecule has 154 valence electrons. The maximum absolute atomic E-state index is 12.3. The molecule has 1 fully saturated rings. The molecule has 0 spiro atoms. The number of nitrogen functional groups attached to an aromatic ring is 1. The summed E-state index contributed by atoms with van der Waals surface area (Å²) in [6.07, 6.45) is -0.474. The highest BCUT2D eigenvalue weighted by Gasteiger charge is 2.32. The van der Waals surface area contributed by atoms with Crippen LogP contribution in [0.4, 0.5) is 18.9 Å². The van der Waals surface area contributed by atoms with Gasteiger partial charge in [0, 0.05) is 22.6 Å². The van der Waals surface area contributed by atoms with E-state index in [1.54, 1.807) is 18.2 Å². The fraction of sp³-hybridized carbons (Fsp3) is 0.364. The number of nitrogens with one attached hydrogen (secondary N) is 1. The number of hydrogen-bond acceptors (Lipinski definition) is 3. The summed E-state index contributed by atoms with van der Waals surface area (Å²) in [6, 6.07) is 14.8. The molecule has 0 radical (unpaired) electrons. The highest BCUT2D eigenvalue weighted by atomic mass is 19.4. The second-order valence-electron chi connectivity index (χ2n) is 7.51. The van der Waals surface area contributed by atoms with Crippen LogP contribution in [0.1, 0.15) is 24.1 Å². The molecule has 2 aliphatic heterocycles. The third kappa shape index (κ3) is 4.34. The lowest BCUT2D eigenvalue weighted by atomic mass is 10.0. The van der Waals surface area contributed by atoms with Crippen LogP contribution < -0.4 is 10.5 Å². The summed E-state index contributed by atoms with van der Waals surface area (Å²) in [5.74, 6) is 1.09. The molecule has 2 aliphatic rings. The highest BCUT2D eigenvalue weighted by Crippen LogP contribution is 2.32. The second-order valence-corrected chi connectivity index (χ2v) is 7.51. The number of nitrogens with two attached hydrogens (primary N) is 1. The van der Waals surface area contributed by atoms with Crippen LogP contribution in [0.3, 0.4) is 0 Å². The van der Waals surface area contributed by atoms with Gasteiger partial charge in [0.1, 0.15) is 18.1 Å². The molecule has 0 saturated carbocycles. The van der Waals surface area contributed by atoms with Crippen LogP contribution in [-0.4, -0.2) is 35.6 Å². The molecule has 1 aromatic heterocycles. The zero-order valence-electron chi connectivity index (χ0n) is 16.0. The lowest BCUT2D eigenvalue weighted by molar-refractivity contribution is -0.140. The van der Waals surface area contributed by atoms with Crippen LogP contribution in [0.5, 0.6) is 5.75 Å². The molecule has 1 atom stereocenters. The number of likely N-dealkylation sites (tertiary alicyclic amines) is 1. The Morgan fingerprint density at radius 1 is 1.03 bits per heavy atom. The van der Waals surface area contributed by atoms with E-state index < -0.39 is 11.9 Å². The van der Waals surface area contributed by atoms with E-state index in [1.807, 2.05) is 0 Å². The van der Waals surface area contributed by atoms with E-state index in [0.29, 0.717) is 22.6 Å². The lowest BCUT2D eigenvalue weighted by Crippen LogP contribution is -2.41. The number of nitrogens with zero attached hydrogens (tertiary/aromatic N) is 1. The summed E-state index contributed by atoms with van der Waals surface area (Å²) >= 11 is 0. The summed E-state index contributed by atoms with van der Waals surface area (Å²) < 4.78 is 42.7. The zero-order valence-corrected chi connectivity index (χ0v) is 16.0. The molecule has 3 heterocycles. The Bertz CT molecular complexity index is 977. The van der Waals surface area contributed by atoms with Gasteiger partial charge < -0.3 is 15.5 Å². The number of rotatable bonds is 1. The minimum atomic E-state index is -4.36. The van der Waals surface area contributed by atoms with E-state index in [-0.39, 0.29) is 0 Å². The number of halogens is 3. The molecule has 0 bridgehead atoms. The number of anilines is 1. The number of H-pyrrole nitrogens is 1. The van der Waals surface area contributed by atoms with Crippen molar-refractivity contribution in [1.82, 2.24) is 9.88 Å². The topological polar surface area (TPSA) is 54.3 Å². The Morgan fingerprint density at radius 3 is 2.52 bits per heavy atom. The quantitative estimate of drug-likeness (QED) is 0.571. The molecule has 1 saturated heterocycles. The molecule has 29 heavy (non-hydrogen) atoms. The first-order valence-electron chi connectivity index (χ1n) is 9.81. The number of para-hydroxylation sites is 1. The monoisotopic (exact) mass is 403 g/mol. The van der Waals surface area contributed by atoms with E-state index in [2.05, 4.69) is 34.1 Å². The number of benzene rings is 2. The van der Waals surface area contributed by atoms with Gasteiger partial charge in [-0.3, -0.25) is 4.90 Å². The maximum atomic E-state index is 12.3. The third-order valence-corrected chi connectivity index (χ3v) is 5.52. The van der Waals surface area contributed by atoms with E-state index in [0.717, 1.165) is 24.8 Å². The number of hydrogen-bond donors (Lipinski definition) is 2. The summed E-state index contributed by atoms with van der Waals surface area (Å²) in [5.41, 5.74) is 6.87. The molecule has 0 amide bonds. The van der Waals surface area contributed by atoms with Gasteiger partial charge >= 0.3 is 6.18 Å². The van der Waals surface area contributed by atoms with Crippen molar-refractivity contribution in [2.24, 2.45) is 0 Å². The average Bonchev–Trinajstić information content (AvgIpc) is 3.38. The molecular formula is C22H24F3N3O. The van der Waals surface area contributed by atoms with Crippen molar-refractivity contribution < 1.29 is 17.9 Å². The van der Waals surface area contributed by atoms with E-state index in [9.17, 15) is 13.2 Å². The summed E-state index contributed by atoms with van der Waals surface area (Å²) in [6.45, 7) is 3.39. The van der Waals surface area contributed by atoms with Crippen LogP contribution >= 0.6 is 0 Å². The minimum Gasteiger partial charge on any atom is -0.492 e. The number of aromatic nitrogens is 1. The Morgan fingerprint density at radius 2 is 1.79 bits per heavy atom. The summed E-state index contributed by atoms with van der Waals surface area (Å²) in [7, 11) is 0. The lowest BCUT2D eigenvalue weighted by Gasteiger charge is -2.32. The van der Waals surface area contributed by atoms with Crippen molar-refractivity contribution in [3.63, 3.8) is 0 Å². The Kier molecular flexibility index (Phi) is 5.41. The largest absolute Gasteiger partial charge is 0.492 e. The van der Waals surface area contributed by atoms with Crippen LogP contribution in [-0.2, 0) is 12.6 Å². The molecule has 4 nitrogen and oxygen atoms in total. The SMILES string of the molecule is Nc1cccc2[nH]c(C(F)(F)F)cc12.c1ccc2c(c1)CC(N1CCCC1)CO2. The van der Waals surface area contributed by atoms with Gasteiger partial charge in [0.2, 0.25) is 0 Å². The number of ether oxygens (including phenoxy) is 1. The Balaban J connectivity index is 0.000000142. The minimum absolute atomic E-state index is 0.342. The van der Waals surface area contributed by atoms with E-state index >= 15 is 0 Å². The van der Waals surface area contributed by atoms with Gasteiger partial charge in [-0.1, -0.05) is 24.3 Å². The van der Waals surface area contributed by atoms with Crippen molar-refractivity contribution in [3.05, 3.63) is 59.8 Å². The molecule has 1 unspecified atom stereocenters. The zero-order chi connectivity index (χ0) is 20.4. The molecular weight excluding hydrogens is 379 g/mol. The van der Waals surface area contributed by atoms with Gasteiger partial charge in [-0.2, -0.15) is 13.2 Å². The maximum Gasteiger partial charge on any atom is 0.431 e. The number of aromatic amines is 1. The predicted octanol–water partition coefficient (Wildman–Crippen LogP) is 4.85. The molecule has 5 rings (SSSR count). The van der Waals surface area contributed by atoms with Crippen LogP contribution in [0, 0.1) is 0 Å². The fourth-order valence-electron chi connectivity index (χ4n) is 3.98. The average molecular weight is 403 g/mol. The first-order valence-corrected chi connectivity index (χ1v) is 9.81. The van der Waals surface area contributed by atoms with Crippen LogP contribution in [0.2, 0.25) is 0 Å². The van der Waals surface area contributed by atoms with Gasteiger partial charge in [0.05, 0.1) is 0 Å². The molecule has 3 aromatic rings. The molecule has 2 aromatic carbocycles. The van der Waals surface area contributed by atoms with Gasteiger partial charge in [0.15, 0.2) is 0 Å². The first-order chi connectivity index (χ1) is 13.9. The van der Waals surface area contributed by atoms with Crippen molar-refractivity contribution >= 4 is 16.6 Å². The normalized spacial score (nSPS) is 19.3. The van der Waals surface area contributed by atoms with Crippen molar-refractivity contribution in [2.75, 3.05) is 25.4 Å². The van der Waals surface area contributed by atoms with E-state index in [4.69, 9.17) is 10.5 Å². The van der Waals surface area contributed by atoms with Crippen molar-refractivity contribution in [1.29, 1.82) is 0 Å². The van der Waals surface area contributed by atoms with Gasteiger partial charge in [0.25, 0.3) is 0 Å². The number of alkyl halides is 3. The van der Waals surface area contributed by atoms with Crippen LogP contribution in [0.25, 0.3) is 10.9 Å². The van der Waals surface area contributed by atoms with Crippen molar-refractivity contribution in [3.8, 4) is 5.75 Å². The van der Waals surface area contributed by atoms with Crippen LogP contribution in [0.15, 0.2) is 48.5 Å².